The molecule has 1 aromatic carbocycles. The zero-order valence-corrected chi connectivity index (χ0v) is 24.3. The largest absolute Gasteiger partial charge is 0.447 e. The van der Waals surface area contributed by atoms with E-state index in [0.717, 1.165) is 63.6 Å². The summed E-state index contributed by atoms with van der Waals surface area (Å²) in [4.78, 5) is 33.4. The summed E-state index contributed by atoms with van der Waals surface area (Å²) in [6.45, 7) is 12.1. The van der Waals surface area contributed by atoms with Gasteiger partial charge in [0, 0.05) is 43.0 Å². The molecule has 3 saturated heterocycles. The molecule has 1 aromatic rings. The number of rotatable bonds is 6. The van der Waals surface area contributed by atoms with Crippen LogP contribution < -0.4 is 0 Å². The Morgan fingerprint density at radius 3 is 2.32 bits per heavy atom. The third-order valence-electron chi connectivity index (χ3n) is 10.3. The van der Waals surface area contributed by atoms with Gasteiger partial charge in [0.15, 0.2) is 0 Å². The van der Waals surface area contributed by atoms with Crippen molar-refractivity contribution in [2.24, 2.45) is 17.3 Å². The first-order chi connectivity index (χ1) is 18.2. The minimum Gasteiger partial charge on any atom is -0.447 e. The van der Waals surface area contributed by atoms with Crippen LogP contribution in [0.3, 0.4) is 0 Å². The van der Waals surface area contributed by atoms with Gasteiger partial charge in [-0.3, -0.25) is 9.69 Å². The molecule has 38 heavy (non-hydrogen) atoms. The molecular formula is C31H46ClN3O3. The van der Waals surface area contributed by atoms with E-state index in [1.807, 2.05) is 17.0 Å². The van der Waals surface area contributed by atoms with Gasteiger partial charge >= 0.3 is 6.09 Å². The second-order valence-electron chi connectivity index (χ2n) is 12.9. The lowest BCUT2D eigenvalue weighted by Crippen LogP contribution is -2.56. The van der Waals surface area contributed by atoms with Gasteiger partial charge in [0.25, 0.3) is 0 Å². The zero-order valence-electron chi connectivity index (χ0n) is 23.6. The Hall–Kier alpha value is -1.79. The van der Waals surface area contributed by atoms with Crippen LogP contribution in [-0.2, 0) is 9.53 Å². The number of hydrogen-bond donors (Lipinski definition) is 0. The summed E-state index contributed by atoms with van der Waals surface area (Å²) in [5.74, 6) is 1.14. The molecule has 4 fully saturated rings. The number of hydrogen-bond acceptors (Lipinski definition) is 4. The molecule has 210 valence electrons. The van der Waals surface area contributed by atoms with Crippen molar-refractivity contribution in [1.82, 2.24) is 14.7 Å². The molecule has 6 nitrogen and oxygen atoms in total. The Morgan fingerprint density at radius 1 is 1.03 bits per heavy atom. The molecule has 4 aliphatic rings. The highest BCUT2D eigenvalue weighted by Gasteiger charge is 2.50. The molecule has 3 heterocycles. The predicted molar refractivity (Wildman–Crippen MR) is 151 cm³/mol. The predicted octanol–water partition coefficient (Wildman–Crippen LogP) is 6.19. The van der Waals surface area contributed by atoms with Crippen LogP contribution in [0.15, 0.2) is 24.3 Å². The summed E-state index contributed by atoms with van der Waals surface area (Å²) < 4.78 is 5.48. The Kier molecular flexibility index (Phi) is 8.31. The second kappa shape index (κ2) is 11.4. The topological polar surface area (TPSA) is 53.1 Å². The molecule has 2 atom stereocenters. The number of halogens is 1. The zero-order chi connectivity index (χ0) is 26.9. The molecule has 0 N–H and O–H groups in total. The van der Waals surface area contributed by atoms with Gasteiger partial charge < -0.3 is 14.5 Å². The van der Waals surface area contributed by atoms with E-state index in [0.29, 0.717) is 18.4 Å². The third-order valence-corrected chi connectivity index (χ3v) is 10.5. The number of likely N-dealkylation sites (N-methyl/N-ethyl adjacent to an activating group) is 1. The first-order valence-electron chi connectivity index (χ1n) is 14.9. The van der Waals surface area contributed by atoms with Crippen molar-refractivity contribution in [3.05, 3.63) is 34.9 Å². The number of carbonyl (C=O) groups is 2. The van der Waals surface area contributed by atoms with Crippen molar-refractivity contribution in [2.45, 2.75) is 83.6 Å². The third kappa shape index (κ3) is 5.58. The second-order valence-corrected chi connectivity index (χ2v) is 13.4. The monoisotopic (exact) mass is 543 g/mol. The van der Waals surface area contributed by atoms with Gasteiger partial charge in [-0.05, 0) is 88.1 Å². The quantitative estimate of drug-likeness (QED) is 0.429. The molecule has 0 spiro atoms. The van der Waals surface area contributed by atoms with E-state index in [1.165, 1.54) is 37.7 Å². The molecule has 7 heteroatoms. The van der Waals surface area contributed by atoms with E-state index in [2.05, 4.69) is 42.7 Å². The van der Waals surface area contributed by atoms with Crippen molar-refractivity contribution < 1.29 is 14.3 Å². The first kappa shape index (κ1) is 27.8. The van der Waals surface area contributed by atoms with Crippen LogP contribution in [-0.4, -0.2) is 78.1 Å². The van der Waals surface area contributed by atoms with Crippen LogP contribution in [0.2, 0.25) is 5.02 Å². The van der Waals surface area contributed by atoms with Gasteiger partial charge in [0.2, 0.25) is 5.91 Å². The molecular weight excluding hydrogens is 498 g/mol. The fourth-order valence-electron chi connectivity index (χ4n) is 7.70. The van der Waals surface area contributed by atoms with Crippen LogP contribution in [0, 0.1) is 17.3 Å². The molecule has 1 aliphatic carbocycles. The van der Waals surface area contributed by atoms with E-state index >= 15 is 0 Å². The van der Waals surface area contributed by atoms with Gasteiger partial charge in [-0.25, -0.2) is 4.79 Å². The van der Waals surface area contributed by atoms with Gasteiger partial charge in [-0.2, -0.15) is 0 Å². The van der Waals surface area contributed by atoms with E-state index in [-0.39, 0.29) is 28.9 Å². The number of piperidine rings is 2. The lowest BCUT2D eigenvalue weighted by molar-refractivity contribution is -0.141. The molecule has 1 unspecified atom stereocenters. The van der Waals surface area contributed by atoms with Crippen LogP contribution in [0.5, 0.6) is 0 Å². The molecule has 0 bridgehead atoms. The van der Waals surface area contributed by atoms with Crippen molar-refractivity contribution in [3.8, 4) is 0 Å². The Morgan fingerprint density at radius 2 is 1.71 bits per heavy atom. The smallest absolute Gasteiger partial charge is 0.410 e. The number of likely N-dealkylation sites (tertiary alicyclic amines) is 2. The number of nitrogens with zero attached hydrogens (tertiary/aromatic N) is 3. The van der Waals surface area contributed by atoms with Crippen LogP contribution in [0.1, 0.15) is 83.6 Å². The highest BCUT2D eigenvalue weighted by molar-refractivity contribution is 6.30. The minimum absolute atomic E-state index is 0.00801. The summed E-state index contributed by atoms with van der Waals surface area (Å²) in [6, 6.07) is 8.11. The standard InChI is InChI=1S/C31H46ClN3O3/c1-4-33-17-14-26(27(20-33)23-10-12-25(32)13-11-23)28(36)34-18-15-31(16-19-34,24-8-6-5-7-9-24)21-35-29(37)38-22-30(35,2)3/h10-13,24,26-27H,4-9,14-22H2,1-3H3/t26?,27-/m0/s1. The van der Waals surface area contributed by atoms with Gasteiger partial charge in [0.05, 0.1) is 5.54 Å². The molecule has 3 aliphatic heterocycles. The van der Waals surface area contributed by atoms with Gasteiger partial charge in [-0.1, -0.05) is 49.9 Å². The lowest BCUT2D eigenvalue weighted by Gasteiger charge is -2.51. The molecule has 5 rings (SSSR count). The van der Waals surface area contributed by atoms with E-state index in [4.69, 9.17) is 16.3 Å². The fourth-order valence-corrected chi connectivity index (χ4v) is 7.83. The Labute approximate surface area is 234 Å². The maximum absolute atomic E-state index is 14.1. The highest BCUT2D eigenvalue weighted by atomic mass is 35.5. The summed E-state index contributed by atoms with van der Waals surface area (Å²) in [7, 11) is 0. The van der Waals surface area contributed by atoms with Crippen LogP contribution >= 0.6 is 11.6 Å². The minimum atomic E-state index is -0.273. The SMILES string of the molecule is CCN1CCC(C(=O)N2CCC(CN3C(=O)OCC3(C)C)(C3CCCCC3)CC2)[C@H](c2ccc(Cl)cc2)C1. The number of cyclic esters (lactones) is 1. The number of amides is 2. The number of benzene rings is 1. The van der Waals surface area contributed by atoms with E-state index in [1.54, 1.807) is 0 Å². The molecule has 2 amide bonds. The van der Waals surface area contributed by atoms with E-state index < -0.39 is 0 Å². The summed E-state index contributed by atoms with van der Waals surface area (Å²) in [5, 5.41) is 0.736. The van der Waals surface area contributed by atoms with Crippen molar-refractivity contribution in [2.75, 3.05) is 45.9 Å². The van der Waals surface area contributed by atoms with Crippen LogP contribution in [0.4, 0.5) is 4.79 Å². The summed E-state index contributed by atoms with van der Waals surface area (Å²) >= 11 is 6.19. The fraction of sp³-hybridized carbons (Fsp3) is 0.742. The Bertz CT molecular complexity index is 983. The van der Waals surface area contributed by atoms with Crippen molar-refractivity contribution in [1.29, 1.82) is 0 Å². The summed E-state index contributed by atoms with van der Waals surface area (Å²) in [6.07, 6.45) is 9.04. The maximum atomic E-state index is 14.1. The Balaban J connectivity index is 1.32. The number of carbonyl (C=O) groups excluding carboxylic acids is 2. The highest BCUT2D eigenvalue weighted by Crippen LogP contribution is 2.48. The van der Waals surface area contributed by atoms with E-state index in [9.17, 15) is 9.59 Å². The molecule has 1 saturated carbocycles. The van der Waals surface area contributed by atoms with Gasteiger partial charge in [0.1, 0.15) is 6.61 Å². The van der Waals surface area contributed by atoms with Crippen molar-refractivity contribution in [3.63, 3.8) is 0 Å². The van der Waals surface area contributed by atoms with Crippen LogP contribution in [0.25, 0.3) is 0 Å². The molecule has 0 radical (unpaired) electrons. The van der Waals surface area contributed by atoms with Gasteiger partial charge in [-0.15, -0.1) is 0 Å². The average molecular weight is 544 g/mol. The number of ether oxygens (including phenoxy) is 1. The summed E-state index contributed by atoms with van der Waals surface area (Å²) in [5.41, 5.74) is 1.01. The maximum Gasteiger partial charge on any atom is 0.410 e. The normalized spacial score (nSPS) is 28.4. The first-order valence-corrected chi connectivity index (χ1v) is 15.3. The average Bonchev–Trinajstić information content (AvgIpc) is 3.20. The lowest BCUT2D eigenvalue weighted by atomic mass is 9.63. The molecule has 0 aromatic heterocycles. The van der Waals surface area contributed by atoms with Crippen molar-refractivity contribution >= 4 is 23.6 Å².